The number of H-pyrrole nitrogens is 1. The number of carbonyl (C=O) groups excluding carboxylic acids is 1. The summed E-state index contributed by atoms with van der Waals surface area (Å²) >= 11 is 0. The van der Waals surface area contributed by atoms with Crippen LogP contribution in [0.1, 0.15) is 32.3 Å². The van der Waals surface area contributed by atoms with Crippen molar-refractivity contribution in [3.63, 3.8) is 0 Å². The van der Waals surface area contributed by atoms with Gasteiger partial charge < -0.3 is 15.0 Å². The van der Waals surface area contributed by atoms with Crippen LogP contribution in [-0.2, 0) is 15.7 Å². The van der Waals surface area contributed by atoms with Crippen LogP contribution in [0.4, 0.5) is 18.9 Å². The van der Waals surface area contributed by atoms with E-state index in [0.717, 1.165) is 12.8 Å². The average molecular weight is 306 g/mol. The lowest BCUT2D eigenvalue weighted by Gasteiger charge is -2.13. The zero-order chi connectivity index (χ0) is 16.0. The summed E-state index contributed by atoms with van der Waals surface area (Å²) in [5, 5.41) is 2.14. The number of nitrogens with one attached hydrogen (secondary N) is 2. The van der Waals surface area contributed by atoms with Gasteiger partial charge >= 0.3 is 6.18 Å². The maximum Gasteiger partial charge on any atom is 0.417 e. The van der Waals surface area contributed by atoms with E-state index < -0.39 is 35.0 Å². The maximum absolute atomic E-state index is 12.5. The van der Waals surface area contributed by atoms with Gasteiger partial charge in [0, 0.05) is 12.8 Å². The van der Waals surface area contributed by atoms with Gasteiger partial charge in [-0.1, -0.05) is 13.3 Å². The first-order valence-electron chi connectivity index (χ1n) is 6.48. The largest absolute Gasteiger partial charge is 0.417 e. The summed E-state index contributed by atoms with van der Waals surface area (Å²) in [6.07, 6.45) is -3.25. The molecule has 0 fully saturated rings. The van der Waals surface area contributed by atoms with Gasteiger partial charge in [-0.3, -0.25) is 9.59 Å². The van der Waals surface area contributed by atoms with Crippen LogP contribution < -0.4 is 10.9 Å². The lowest BCUT2D eigenvalue weighted by molar-refractivity contribution is -0.137. The maximum atomic E-state index is 12.5. The fourth-order valence-corrected chi connectivity index (χ4v) is 1.45. The molecule has 0 aliphatic carbocycles. The van der Waals surface area contributed by atoms with Crippen LogP contribution in [0, 0.1) is 0 Å². The van der Waals surface area contributed by atoms with E-state index in [9.17, 15) is 22.8 Å². The van der Waals surface area contributed by atoms with E-state index in [1.807, 2.05) is 11.9 Å². The van der Waals surface area contributed by atoms with Gasteiger partial charge in [0.1, 0.15) is 11.8 Å². The number of ether oxygens (including phenoxy) is 1. The Morgan fingerprint density at radius 3 is 2.71 bits per heavy atom. The predicted octanol–water partition coefficient (Wildman–Crippen LogP) is 2.54. The van der Waals surface area contributed by atoms with Crippen LogP contribution in [0.3, 0.4) is 0 Å². The third-order valence-electron chi connectivity index (χ3n) is 2.72. The molecule has 21 heavy (non-hydrogen) atoms. The molecule has 1 amide bonds. The minimum atomic E-state index is -4.60. The molecule has 8 heteroatoms. The van der Waals surface area contributed by atoms with Gasteiger partial charge in [-0.15, -0.1) is 0 Å². The highest BCUT2D eigenvalue weighted by Gasteiger charge is 2.31. The van der Waals surface area contributed by atoms with Crippen molar-refractivity contribution < 1.29 is 22.7 Å². The van der Waals surface area contributed by atoms with E-state index in [1.54, 1.807) is 0 Å². The summed E-state index contributed by atoms with van der Waals surface area (Å²) in [4.78, 5) is 25.1. The number of rotatable bonds is 6. The number of anilines is 1. The van der Waals surface area contributed by atoms with E-state index in [4.69, 9.17) is 4.74 Å². The van der Waals surface area contributed by atoms with Crippen LogP contribution in [0.2, 0.25) is 0 Å². The molecule has 1 aromatic heterocycles. The molecule has 0 aromatic carbocycles. The van der Waals surface area contributed by atoms with Crippen LogP contribution in [0.25, 0.3) is 0 Å². The van der Waals surface area contributed by atoms with E-state index in [2.05, 4.69) is 5.32 Å². The highest BCUT2D eigenvalue weighted by Crippen LogP contribution is 2.29. The molecule has 0 bridgehead atoms. The van der Waals surface area contributed by atoms with Gasteiger partial charge in [-0.2, -0.15) is 13.2 Å². The molecule has 0 saturated heterocycles. The summed E-state index contributed by atoms with van der Waals surface area (Å²) in [5.74, 6) is -0.670. The molecule has 0 spiro atoms. The van der Waals surface area contributed by atoms with E-state index in [-0.39, 0.29) is 0 Å². The molecule has 1 rings (SSSR count). The minimum Gasteiger partial charge on any atom is -0.369 e. The fraction of sp³-hybridized carbons (Fsp3) is 0.538. The highest BCUT2D eigenvalue weighted by atomic mass is 19.4. The number of amides is 1. The number of halogens is 3. The molecule has 0 radical (unpaired) electrons. The summed E-state index contributed by atoms with van der Waals surface area (Å²) < 4.78 is 42.8. The quantitative estimate of drug-likeness (QED) is 0.793. The van der Waals surface area contributed by atoms with Gasteiger partial charge in [0.25, 0.3) is 11.5 Å². The van der Waals surface area contributed by atoms with Gasteiger partial charge in [0.15, 0.2) is 0 Å². The Hall–Kier alpha value is -1.83. The summed E-state index contributed by atoms with van der Waals surface area (Å²) in [5.41, 5.74) is -2.31. The minimum absolute atomic E-state index is 0.365. The number of aromatic nitrogens is 1. The zero-order valence-electron chi connectivity index (χ0n) is 11.7. The zero-order valence-corrected chi connectivity index (χ0v) is 11.7. The standard InChI is InChI=1S/C13H17F3N2O3/c1-3-4-5-21-8(2)11(19)18-10-6-9(13(14,15)16)7-17-12(10)20/h6-8H,3-5H2,1-2H3,(H,17,20)(H,18,19)/t8-/m1/s1. The third kappa shape index (κ3) is 5.22. The average Bonchev–Trinajstić information content (AvgIpc) is 2.40. The molecule has 1 atom stereocenters. The van der Waals surface area contributed by atoms with Crippen LogP contribution in [-0.4, -0.2) is 23.6 Å². The van der Waals surface area contributed by atoms with Crippen molar-refractivity contribution in [1.29, 1.82) is 0 Å². The van der Waals surface area contributed by atoms with Crippen LogP contribution >= 0.6 is 0 Å². The van der Waals surface area contributed by atoms with E-state index in [1.165, 1.54) is 6.92 Å². The number of carbonyl (C=O) groups is 1. The molecule has 0 saturated carbocycles. The number of hydrogen-bond donors (Lipinski definition) is 2. The van der Waals surface area contributed by atoms with Crippen molar-refractivity contribution in [3.05, 3.63) is 28.2 Å². The van der Waals surface area contributed by atoms with Crippen molar-refractivity contribution in [2.75, 3.05) is 11.9 Å². The SMILES string of the molecule is CCCCO[C@H](C)C(=O)Nc1cc(C(F)(F)F)c[nH]c1=O. The Morgan fingerprint density at radius 1 is 1.48 bits per heavy atom. The Labute approximate surface area is 119 Å². The van der Waals surface area contributed by atoms with Gasteiger partial charge in [0.2, 0.25) is 0 Å². The van der Waals surface area contributed by atoms with E-state index >= 15 is 0 Å². The first-order valence-corrected chi connectivity index (χ1v) is 6.48. The molecule has 0 aliphatic rings. The van der Waals surface area contributed by atoms with Crippen molar-refractivity contribution >= 4 is 11.6 Å². The molecule has 118 valence electrons. The smallest absolute Gasteiger partial charge is 0.369 e. The topological polar surface area (TPSA) is 71.2 Å². The molecule has 1 heterocycles. The second kappa shape index (κ2) is 7.26. The van der Waals surface area contributed by atoms with Gasteiger partial charge in [-0.25, -0.2) is 0 Å². The molecule has 2 N–H and O–H groups in total. The predicted molar refractivity (Wildman–Crippen MR) is 71.0 cm³/mol. The lowest BCUT2D eigenvalue weighted by atomic mass is 10.2. The van der Waals surface area contributed by atoms with Crippen molar-refractivity contribution in [1.82, 2.24) is 4.98 Å². The summed E-state index contributed by atoms with van der Waals surface area (Å²) in [6, 6.07) is 0.593. The molecule has 5 nitrogen and oxygen atoms in total. The Balaban J connectivity index is 2.78. The Bertz CT molecular complexity index is 540. The third-order valence-corrected chi connectivity index (χ3v) is 2.72. The van der Waals surface area contributed by atoms with Crippen LogP contribution in [0.15, 0.2) is 17.1 Å². The molecular weight excluding hydrogens is 289 g/mol. The van der Waals surface area contributed by atoms with Crippen molar-refractivity contribution in [2.45, 2.75) is 39.0 Å². The van der Waals surface area contributed by atoms with Crippen LogP contribution in [0.5, 0.6) is 0 Å². The molecule has 0 aliphatic heterocycles. The Morgan fingerprint density at radius 2 is 2.14 bits per heavy atom. The van der Waals surface area contributed by atoms with Gasteiger partial charge in [0.05, 0.1) is 5.56 Å². The molecular formula is C13H17F3N2O3. The lowest BCUT2D eigenvalue weighted by Crippen LogP contribution is -2.30. The fourth-order valence-electron chi connectivity index (χ4n) is 1.45. The number of unbranched alkanes of at least 4 members (excludes halogenated alkanes) is 1. The monoisotopic (exact) mass is 306 g/mol. The molecule has 0 unspecified atom stereocenters. The number of hydrogen-bond acceptors (Lipinski definition) is 3. The normalized spacial score (nSPS) is 13.0. The highest BCUT2D eigenvalue weighted by molar-refractivity contribution is 5.93. The first kappa shape index (κ1) is 17.2. The summed E-state index contributed by atoms with van der Waals surface area (Å²) in [6.45, 7) is 3.78. The summed E-state index contributed by atoms with van der Waals surface area (Å²) in [7, 11) is 0. The van der Waals surface area contributed by atoms with E-state index in [0.29, 0.717) is 18.9 Å². The number of alkyl halides is 3. The molecule has 1 aromatic rings. The number of aromatic amines is 1. The van der Waals surface area contributed by atoms with Crippen molar-refractivity contribution in [2.24, 2.45) is 0 Å². The second-order valence-electron chi connectivity index (χ2n) is 4.48. The first-order chi connectivity index (χ1) is 9.75. The van der Waals surface area contributed by atoms with Gasteiger partial charge in [-0.05, 0) is 19.4 Å². The number of pyridine rings is 1. The van der Waals surface area contributed by atoms with Crippen molar-refractivity contribution in [3.8, 4) is 0 Å². The Kier molecular flexibility index (Phi) is 5.95. The second-order valence-corrected chi connectivity index (χ2v) is 4.48.